The number of anilines is 1. The molecule has 2 unspecified atom stereocenters. The maximum Gasteiger partial charge on any atom is 0.227 e. The molecule has 0 spiro atoms. The van der Waals surface area contributed by atoms with Crippen LogP contribution in [0.2, 0.25) is 5.02 Å². The van der Waals surface area contributed by atoms with Crippen LogP contribution in [-0.2, 0) is 9.59 Å². The Hall–Kier alpha value is -2.53. The van der Waals surface area contributed by atoms with Crippen LogP contribution in [0.4, 0.5) is 5.69 Å². The van der Waals surface area contributed by atoms with E-state index in [0.29, 0.717) is 23.0 Å². The Morgan fingerprint density at radius 1 is 1.30 bits per heavy atom. The second kappa shape index (κ2) is 8.01. The molecule has 2 amide bonds. The minimum atomic E-state index is -0.399. The van der Waals surface area contributed by atoms with Crippen molar-refractivity contribution in [1.82, 2.24) is 5.32 Å². The molecule has 1 N–H and O–H groups in total. The molecule has 2 aromatic carbocycles. The number of halogens is 1. The molecule has 0 aliphatic carbocycles. The highest BCUT2D eigenvalue weighted by atomic mass is 35.5. The zero-order valence-electron chi connectivity index (χ0n) is 15.7. The minimum Gasteiger partial charge on any atom is -0.495 e. The van der Waals surface area contributed by atoms with Crippen molar-refractivity contribution in [3.8, 4) is 5.75 Å². The van der Waals surface area contributed by atoms with Crippen molar-refractivity contribution in [3.63, 3.8) is 0 Å². The van der Waals surface area contributed by atoms with Gasteiger partial charge in [-0.2, -0.15) is 0 Å². The van der Waals surface area contributed by atoms with Gasteiger partial charge < -0.3 is 15.0 Å². The molecule has 6 heteroatoms. The average Bonchev–Trinajstić information content (AvgIpc) is 3.06. The van der Waals surface area contributed by atoms with E-state index in [1.807, 2.05) is 50.2 Å². The number of benzene rings is 2. The molecule has 1 aliphatic heterocycles. The Morgan fingerprint density at radius 3 is 2.67 bits per heavy atom. The molecule has 2 atom stereocenters. The second-order valence-electron chi connectivity index (χ2n) is 6.82. The third-order valence-electron chi connectivity index (χ3n) is 4.91. The van der Waals surface area contributed by atoms with E-state index in [1.54, 1.807) is 11.0 Å². The molecule has 1 heterocycles. The van der Waals surface area contributed by atoms with Crippen molar-refractivity contribution in [2.24, 2.45) is 5.92 Å². The van der Waals surface area contributed by atoms with E-state index in [-0.39, 0.29) is 24.3 Å². The maximum absolute atomic E-state index is 12.7. The lowest BCUT2D eigenvalue weighted by Gasteiger charge is -2.21. The topological polar surface area (TPSA) is 58.6 Å². The van der Waals surface area contributed by atoms with Gasteiger partial charge in [0.25, 0.3) is 0 Å². The third-order valence-corrected chi connectivity index (χ3v) is 5.31. The number of aryl methyl sites for hydroxylation is 1. The summed E-state index contributed by atoms with van der Waals surface area (Å²) in [5.41, 5.74) is 2.53. The molecular weight excluding hydrogens is 364 g/mol. The molecule has 0 aromatic heterocycles. The van der Waals surface area contributed by atoms with E-state index < -0.39 is 5.92 Å². The quantitative estimate of drug-likeness (QED) is 0.848. The highest BCUT2D eigenvalue weighted by Crippen LogP contribution is 2.37. The summed E-state index contributed by atoms with van der Waals surface area (Å²) in [5, 5.41) is 3.59. The number of nitrogens with one attached hydrogen (secondary N) is 1. The van der Waals surface area contributed by atoms with E-state index in [0.717, 1.165) is 11.1 Å². The second-order valence-corrected chi connectivity index (χ2v) is 7.23. The predicted octanol–water partition coefficient (Wildman–Crippen LogP) is 3.89. The molecule has 2 aromatic rings. The molecule has 1 fully saturated rings. The lowest BCUT2D eigenvalue weighted by Crippen LogP contribution is -2.34. The number of carbonyl (C=O) groups excluding carboxylic acids is 2. The molecule has 3 rings (SSSR count). The summed E-state index contributed by atoms with van der Waals surface area (Å²) in [5.74, 6) is -0.0867. The first-order valence-electron chi connectivity index (χ1n) is 8.90. The fourth-order valence-corrected chi connectivity index (χ4v) is 3.45. The number of methoxy groups -OCH3 is 1. The molecular formula is C21H23ClN2O3. The molecule has 0 bridgehead atoms. The summed E-state index contributed by atoms with van der Waals surface area (Å²) in [7, 11) is 1.54. The number of nitrogens with zero attached hydrogens (tertiary/aromatic N) is 1. The van der Waals surface area contributed by atoms with Gasteiger partial charge in [0.05, 0.1) is 24.8 Å². The summed E-state index contributed by atoms with van der Waals surface area (Å²) in [6, 6.07) is 13.2. The van der Waals surface area contributed by atoms with Crippen LogP contribution in [0.15, 0.2) is 42.5 Å². The fraction of sp³-hybridized carbons (Fsp3) is 0.333. The van der Waals surface area contributed by atoms with Crippen LogP contribution in [0.1, 0.15) is 30.5 Å². The first kappa shape index (κ1) is 19.2. The van der Waals surface area contributed by atoms with Gasteiger partial charge in [0.2, 0.25) is 11.8 Å². The van der Waals surface area contributed by atoms with Gasteiger partial charge >= 0.3 is 0 Å². The van der Waals surface area contributed by atoms with Gasteiger partial charge in [-0.15, -0.1) is 0 Å². The Bertz CT molecular complexity index is 854. The van der Waals surface area contributed by atoms with Crippen LogP contribution in [0, 0.1) is 12.8 Å². The fourth-order valence-electron chi connectivity index (χ4n) is 3.29. The van der Waals surface area contributed by atoms with Crippen LogP contribution in [-0.4, -0.2) is 25.5 Å². The summed E-state index contributed by atoms with van der Waals surface area (Å²) in [4.78, 5) is 26.9. The summed E-state index contributed by atoms with van der Waals surface area (Å²) in [6.07, 6.45) is 0.179. The largest absolute Gasteiger partial charge is 0.495 e. The van der Waals surface area contributed by atoms with Crippen LogP contribution < -0.4 is 15.0 Å². The predicted molar refractivity (Wildman–Crippen MR) is 106 cm³/mol. The van der Waals surface area contributed by atoms with Crippen LogP contribution in [0.3, 0.4) is 0 Å². The average molecular weight is 387 g/mol. The van der Waals surface area contributed by atoms with Crippen molar-refractivity contribution in [1.29, 1.82) is 0 Å². The maximum atomic E-state index is 12.7. The first-order valence-corrected chi connectivity index (χ1v) is 9.28. The molecule has 5 nitrogen and oxygen atoms in total. The van der Waals surface area contributed by atoms with E-state index in [9.17, 15) is 9.59 Å². The van der Waals surface area contributed by atoms with Gasteiger partial charge in [-0.25, -0.2) is 0 Å². The number of carbonyl (C=O) groups is 2. The van der Waals surface area contributed by atoms with Crippen LogP contribution >= 0.6 is 11.6 Å². The standard InChI is InChI=1S/C21H23ClN2O3/c1-13-9-18(19(27-3)11-17(13)22)24-12-16(10-20(24)25)21(26)23-14(2)15-7-5-4-6-8-15/h4-9,11,14,16H,10,12H2,1-3H3,(H,23,26). The minimum absolute atomic E-state index is 0.0949. The van der Waals surface area contributed by atoms with Crippen molar-refractivity contribution in [2.45, 2.75) is 26.3 Å². The molecule has 142 valence electrons. The van der Waals surface area contributed by atoms with Gasteiger partial charge in [0, 0.05) is 24.1 Å². The Balaban J connectivity index is 1.74. The number of hydrogen-bond donors (Lipinski definition) is 1. The van der Waals surface area contributed by atoms with E-state index >= 15 is 0 Å². The zero-order valence-corrected chi connectivity index (χ0v) is 16.4. The first-order chi connectivity index (χ1) is 12.9. The molecule has 1 saturated heterocycles. The Kier molecular flexibility index (Phi) is 5.71. The van der Waals surface area contributed by atoms with Gasteiger partial charge in [-0.3, -0.25) is 9.59 Å². The molecule has 27 heavy (non-hydrogen) atoms. The van der Waals surface area contributed by atoms with E-state index in [4.69, 9.17) is 16.3 Å². The van der Waals surface area contributed by atoms with Crippen molar-refractivity contribution in [3.05, 3.63) is 58.6 Å². The summed E-state index contributed by atoms with van der Waals surface area (Å²) < 4.78 is 5.38. The van der Waals surface area contributed by atoms with Crippen LogP contribution in [0.5, 0.6) is 5.75 Å². The van der Waals surface area contributed by atoms with Gasteiger partial charge in [0.15, 0.2) is 0 Å². The number of rotatable bonds is 5. The normalized spacial score (nSPS) is 17.7. The van der Waals surface area contributed by atoms with Gasteiger partial charge in [-0.05, 0) is 31.0 Å². The number of ether oxygens (including phenoxy) is 1. The van der Waals surface area contributed by atoms with Crippen molar-refractivity contribution >= 4 is 29.1 Å². The SMILES string of the molecule is COc1cc(Cl)c(C)cc1N1CC(C(=O)NC(C)c2ccccc2)CC1=O. The number of amides is 2. The molecule has 0 radical (unpaired) electrons. The Labute approximate surface area is 164 Å². The highest BCUT2D eigenvalue weighted by Gasteiger charge is 2.36. The van der Waals surface area contributed by atoms with Gasteiger partial charge in [0.1, 0.15) is 5.75 Å². The zero-order chi connectivity index (χ0) is 19.6. The highest BCUT2D eigenvalue weighted by molar-refractivity contribution is 6.31. The molecule has 1 aliphatic rings. The number of hydrogen-bond acceptors (Lipinski definition) is 3. The molecule has 0 saturated carbocycles. The van der Waals surface area contributed by atoms with E-state index in [2.05, 4.69) is 5.32 Å². The van der Waals surface area contributed by atoms with E-state index in [1.165, 1.54) is 7.11 Å². The van der Waals surface area contributed by atoms with Crippen molar-refractivity contribution < 1.29 is 14.3 Å². The van der Waals surface area contributed by atoms with Crippen LogP contribution in [0.25, 0.3) is 0 Å². The summed E-state index contributed by atoms with van der Waals surface area (Å²) in [6.45, 7) is 4.13. The third kappa shape index (κ3) is 4.08. The monoisotopic (exact) mass is 386 g/mol. The van der Waals surface area contributed by atoms with Crippen molar-refractivity contribution in [2.75, 3.05) is 18.6 Å². The lowest BCUT2D eigenvalue weighted by molar-refractivity contribution is -0.126. The smallest absolute Gasteiger partial charge is 0.227 e. The summed E-state index contributed by atoms with van der Waals surface area (Å²) >= 11 is 6.15. The lowest BCUT2D eigenvalue weighted by atomic mass is 10.1. The van der Waals surface area contributed by atoms with Gasteiger partial charge in [-0.1, -0.05) is 41.9 Å². The Morgan fingerprint density at radius 2 is 2.00 bits per heavy atom.